The lowest BCUT2D eigenvalue weighted by Gasteiger charge is -2.24. The second-order valence-corrected chi connectivity index (χ2v) is 50.0. The van der Waals surface area contributed by atoms with Gasteiger partial charge >= 0.3 is 36.4 Å². The molecule has 120 heavy (non-hydrogen) atoms. The van der Waals surface area contributed by atoms with Crippen LogP contribution in [-0.2, 0) is 34.3 Å². The number of hydrogen-bond donors (Lipinski definition) is 8. The van der Waals surface area contributed by atoms with E-state index in [1.807, 2.05) is 41.5 Å². The van der Waals surface area contributed by atoms with Gasteiger partial charge in [0.05, 0.1) is 42.0 Å². The van der Waals surface area contributed by atoms with Crippen molar-refractivity contribution in [3.63, 3.8) is 0 Å². The Labute approximate surface area is 708 Å². The minimum atomic E-state index is -2.18. The Morgan fingerprint density at radius 2 is 0.800 bits per heavy atom. The van der Waals surface area contributed by atoms with Crippen LogP contribution in [0.15, 0.2) is 65.3 Å². The topological polar surface area (TPSA) is 405 Å². The Balaban J connectivity index is 0.000000175. The van der Waals surface area contributed by atoms with Crippen molar-refractivity contribution in [2.75, 3.05) is 35.3 Å². The molecule has 0 saturated carbocycles. The van der Waals surface area contributed by atoms with Crippen molar-refractivity contribution >= 4 is 124 Å². The highest BCUT2D eigenvalue weighted by Crippen LogP contribution is 2.46. The molecule has 0 bridgehead atoms. The molecule has 5 saturated heterocycles. The molecule has 15 rings (SSSR count). The molecular weight excluding hydrogens is 1750 g/mol. The summed E-state index contributed by atoms with van der Waals surface area (Å²) < 4.78 is 169. The summed E-state index contributed by atoms with van der Waals surface area (Å²) in [5.74, 6) is -4.05. The number of ether oxygens (including phenoxy) is 5. The van der Waals surface area contributed by atoms with Gasteiger partial charge in [-0.15, -0.1) is 25.5 Å². The minimum absolute atomic E-state index is 0.000741. The van der Waals surface area contributed by atoms with Crippen LogP contribution in [0.25, 0.3) is 27.6 Å². The zero-order valence-electron chi connectivity index (χ0n) is 69.1. The first-order valence-corrected chi connectivity index (χ1v) is 51.2. The van der Waals surface area contributed by atoms with Crippen molar-refractivity contribution in [3.8, 4) is 0 Å². The fraction of sp³-hybridized carbons (Fsp3) is 0.587. The standard InChI is InChI=1S/C13H16F2N4O2.2C13H16F2N4O.C11H12F2N4O3.C7H11FO2.C6H4BrFN4.C6H16Cl2Si2.C6H16Si/c1-3-8-6(2)10(14)13(20,21-8)9-5-4-7-11(16)17-12(15)18-19(7)9;2*1-3-9-6(2)10(14)11(20-9)7-4-5-8-12(16)17-13(15)18-19(7)8;12-7-8(19)6(3-18)20-9(7)4-1-2-5-10(14)15-11(13)16-17(4)5;1-3-5-4(2)6(8)7(9)10-5;7-4-2-1-3-5(9)10-6(8)11-12(3)4;1-9(2,7)5-6-10(3,4)8;1-4-7(5-2)6-3/h4-6,8,10,20H,3H2,1-2H3,(H2,16,17,18);2*4-6,9-11H,3H2,1-2H3,(H2,16,17,18);1-2,6-9,18-19H,3H2,(H2,14,15,16);4-6H,3H2,1-2H3;1-2H,(H2,9,10,11);5-6H2,1-4H3;7H,4-6H2,1-3H3/t6-,8-,10-,13?;6-,9-,10-,11?;6-,9-,10-,11+;6-,7-,8-,9+;4-,5-,6-;;;/m11111.../s1. The van der Waals surface area contributed by atoms with Crippen LogP contribution in [0.5, 0.6) is 0 Å². The summed E-state index contributed by atoms with van der Waals surface area (Å²) in [6.45, 7) is 29.8. The van der Waals surface area contributed by atoms with Crippen molar-refractivity contribution in [2.45, 2.75) is 250 Å². The first kappa shape index (κ1) is 97.7. The molecule has 0 radical (unpaired) electrons. The Kier molecular flexibility index (Phi) is 33.9. The molecule has 19 atom stereocenters. The van der Waals surface area contributed by atoms with E-state index < -0.39 is 137 Å². The number of carbonyl (C=O) groups is 1. The number of rotatable bonds is 15. The molecule has 15 heterocycles. The number of hydrogen-bond acceptors (Lipinski definition) is 24. The van der Waals surface area contributed by atoms with E-state index in [9.17, 15) is 58.9 Å². The number of nitrogen functional groups attached to an aromatic ring is 5. The van der Waals surface area contributed by atoms with Crippen LogP contribution in [0.1, 0.15) is 143 Å². The summed E-state index contributed by atoms with van der Waals surface area (Å²) >= 11 is 15.5. The lowest BCUT2D eigenvalue weighted by molar-refractivity contribution is -0.227. The molecular formula is C75H107BrCl2F10N20O9Si3. The summed E-state index contributed by atoms with van der Waals surface area (Å²) in [6.07, 6.45) is -15.4. The van der Waals surface area contributed by atoms with Gasteiger partial charge in [-0.25, -0.2) is 49.3 Å². The number of nitrogens with two attached hydrogens (primary N) is 5. The molecule has 5 fully saturated rings. The van der Waals surface area contributed by atoms with E-state index in [1.165, 1.54) is 55.9 Å². The molecule has 5 aliphatic heterocycles. The molecule has 0 aromatic carbocycles. The van der Waals surface area contributed by atoms with Gasteiger partial charge in [-0.2, -0.15) is 69.0 Å². The van der Waals surface area contributed by atoms with Crippen LogP contribution in [0, 0.1) is 54.1 Å². The fourth-order valence-electron chi connectivity index (χ4n) is 14.4. The lowest BCUT2D eigenvalue weighted by atomic mass is 9.95. The van der Waals surface area contributed by atoms with E-state index >= 15 is 0 Å². The predicted octanol–water partition coefficient (Wildman–Crippen LogP) is 14.2. The maximum atomic E-state index is 14.5. The van der Waals surface area contributed by atoms with E-state index in [2.05, 4.69) is 113 Å². The average molecular weight is 1860 g/mol. The first-order valence-electron chi connectivity index (χ1n) is 39.5. The molecule has 664 valence electrons. The molecule has 0 aliphatic carbocycles. The maximum Gasteiger partial charge on any atom is 0.341 e. The number of fused-ring (bicyclic) bond motifs is 5. The largest absolute Gasteiger partial charge is 0.460 e. The highest BCUT2D eigenvalue weighted by atomic mass is 79.9. The number of carbonyl (C=O) groups excluding carboxylic acids is 1. The molecule has 0 amide bonds. The van der Waals surface area contributed by atoms with Crippen LogP contribution in [0.2, 0.25) is 56.4 Å². The first-order chi connectivity index (χ1) is 56.4. The van der Waals surface area contributed by atoms with Crippen molar-refractivity contribution in [1.82, 2.24) is 73.0 Å². The zero-order valence-corrected chi connectivity index (χ0v) is 75.4. The van der Waals surface area contributed by atoms with Crippen LogP contribution >= 0.6 is 38.1 Å². The molecule has 5 aliphatic rings. The van der Waals surface area contributed by atoms with Crippen molar-refractivity contribution in [2.24, 2.45) is 23.7 Å². The Morgan fingerprint density at radius 3 is 1.10 bits per heavy atom. The van der Waals surface area contributed by atoms with E-state index in [0.29, 0.717) is 50.9 Å². The van der Waals surface area contributed by atoms with Gasteiger partial charge in [-0.1, -0.05) is 120 Å². The Bertz CT molecular complexity index is 4780. The van der Waals surface area contributed by atoms with Crippen LogP contribution in [0.4, 0.5) is 73.0 Å². The van der Waals surface area contributed by atoms with Crippen LogP contribution in [-0.4, -0.2) is 192 Å². The van der Waals surface area contributed by atoms with Crippen molar-refractivity contribution in [1.29, 1.82) is 0 Å². The predicted molar refractivity (Wildman–Crippen MR) is 446 cm³/mol. The summed E-state index contributed by atoms with van der Waals surface area (Å²) in [7, 11) is -2.86. The van der Waals surface area contributed by atoms with Gasteiger partial charge in [-0.3, -0.25) is 0 Å². The highest BCUT2D eigenvalue weighted by Gasteiger charge is 2.56. The number of alkyl halides is 5. The molecule has 29 nitrogen and oxygen atoms in total. The second kappa shape index (κ2) is 41.7. The Morgan fingerprint density at radius 1 is 0.475 bits per heavy atom. The van der Waals surface area contributed by atoms with Gasteiger partial charge < -0.3 is 67.7 Å². The zero-order chi connectivity index (χ0) is 89.2. The number of anilines is 5. The smallest absolute Gasteiger partial charge is 0.341 e. The van der Waals surface area contributed by atoms with Gasteiger partial charge in [0.2, 0.25) is 12.0 Å². The SMILES string of the molecule is CC[C@H]1OC(=O)[C@H](F)[C@@H]1C.CC[C@H]1OC(O)(c2ccc3c(N)nc(F)nn23)[C@H](F)[C@@H]1C.CC[C@H]1OC(c2ccc3c(N)nc(F)nn23)[C@H](F)[C@@H]1C.CC[C@H]1O[C@@H](c2ccc3c(N)nc(F)nn23)[C@H](F)[C@@H]1C.CC[SiH](CC)CC.C[Si](C)(Cl)CC[Si](C)(C)Cl.Nc1nc(F)nn2c(Br)ccc12.Nc1nc(F)nn2c([C@@H]3O[C@H](CO)[C@@H](O)[C@H]3F)ccc12. The van der Waals surface area contributed by atoms with Gasteiger partial charge in [-0.05, 0) is 114 Å². The van der Waals surface area contributed by atoms with Crippen molar-refractivity contribution < 1.29 is 87.7 Å². The molecule has 10 aromatic rings. The van der Waals surface area contributed by atoms with E-state index in [4.69, 9.17) is 79.6 Å². The summed E-state index contributed by atoms with van der Waals surface area (Å²) in [5.41, 5.74) is 31.0. The maximum absolute atomic E-state index is 14.5. The normalized spacial score (nSPS) is 27.0. The second-order valence-electron chi connectivity index (χ2n) is 31.0. The van der Waals surface area contributed by atoms with Crippen LogP contribution < -0.4 is 28.7 Å². The average Bonchev–Trinajstić information content (AvgIpc) is 1.58. The fourth-order valence-corrected chi connectivity index (χ4v) is 23.0. The lowest BCUT2D eigenvalue weighted by Crippen LogP contribution is -2.37. The quantitative estimate of drug-likeness (QED) is 0.0204. The highest BCUT2D eigenvalue weighted by molar-refractivity contribution is 9.10. The number of aliphatic hydroxyl groups excluding tert-OH is 2. The number of nitrogens with zero attached hydrogens (tertiary/aromatic N) is 15. The third-order valence-electron chi connectivity index (χ3n) is 21.7. The Hall–Kier alpha value is -7.70. The summed E-state index contributed by atoms with van der Waals surface area (Å²) in [6, 6.07) is 22.7. The molecule has 10 aromatic heterocycles. The minimum Gasteiger partial charge on any atom is -0.460 e. The monoisotopic (exact) mass is 1850 g/mol. The van der Waals surface area contributed by atoms with Gasteiger partial charge in [0.15, 0.2) is 41.4 Å². The third kappa shape index (κ3) is 22.6. The number of halogens is 13. The summed E-state index contributed by atoms with van der Waals surface area (Å²) in [5, 5.41) is 47.1. The van der Waals surface area contributed by atoms with Gasteiger partial charge in [0, 0.05) is 32.5 Å². The third-order valence-corrected chi connectivity index (χ3v) is 30.3. The van der Waals surface area contributed by atoms with Crippen molar-refractivity contribution in [3.05, 3.63) is 118 Å². The molecule has 45 heteroatoms. The molecule has 2 unspecified atom stereocenters. The number of aliphatic hydroxyl groups is 3. The van der Waals surface area contributed by atoms with Crippen LogP contribution in [0.3, 0.4) is 0 Å². The van der Waals surface area contributed by atoms with Gasteiger partial charge in [0.1, 0.15) is 102 Å². The number of aromatic nitrogens is 15. The van der Waals surface area contributed by atoms with Gasteiger partial charge in [0.25, 0.3) is 0 Å². The number of esters is 1. The molecule has 0 spiro atoms. The number of cyclic esters (lactones) is 1. The van der Waals surface area contributed by atoms with E-state index in [-0.39, 0.29) is 90.9 Å². The summed E-state index contributed by atoms with van der Waals surface area (Å²) in [4.78, 5) is 27.6. The van der Waals surface area contributed by atoms with E-state index in [0.717, 1.165) is 34.0 Å². The van der Waals surface area contributed by atoms with E-state index in [1.54, 1.807) is 50.2 Å². The molecule has 13 N–H and O–H groups in total.